The normalized spacial score (nSPS) is 16.1. The largest absolute Gasteiger partial charge is 0.378 e. The van der Waals surface area contributed by atoms with E-state index in [2.05, 4.69) is 49.0 Å². The standard InChI is InChI=1S/C16H26N2O/c1-14-13-16(18-9-11-19-12-10-18)7-6-15(14)5-4-8-17(2)3/h6-7,13H,4-5,8-12H2,1-3H3. The fourth-order valence-corrected chi connectivity index (χ4v) is 2.56. The van der Waals surface area contributed by atoms with Gasteiger partial charge in [-0.2, -0.15) is 0 Å². The van der Waals surface area contributed by atoms with Crippen LogP contribution >= 0.6 is 0 Å². The molecule has 0 aromatic heterocycles. The zero-order chi connectivity index (χ0) is 13.7. The summed E-state index contributed by atoms with van der Waals surface area (Å²) in [5.41, 5.74) is 4.25. The third kappa shape index (κ3) is 4.22. The lowest BCUT2D eigenvalue weighted by Gasteiger charge is -2.29. The zero-order valence-electron chi connectivity index (χ0n) is 12.5. The van der Waals surface area contributed by atoms with Crippen LogP contribution in [0.3, 0.4) is 0 Å². The molecule has 0 spiro atoms. The summed E-state index contributed by atoms with van der Waals surface area (Å²) in [5, 5.41) is 0. The predicted molar refractivity (Wildman–Crippen MR) is 81.1 cm³/mol. The molecule has 0 saturated carbocycles. The SMILES string of the molecule is Cc1cc(N2CCOCC2)ccc1CCCN(C)C. The summed E-state index contributed by atoms with van der Waals surface area (Å²) < 4.78 is 5.40. The highest BCUT2D eigenvalue weighted by molar-refractivity contribution is 5.51. The molecule has 1 saturated heterocycles. The molecule has 1 fully saturated rings. The Balaban J connectivity index is 1.96. The Hall–Kier alpha value is -1.06. The molecule has 19 heavy (non-hydrogen) atoms. The first kappa shape index (κ1) is 14.4. The van der Waals surface area contributed by atoms with Crippen LogP contribution in [-0.4, -0.2) is 51.8 Å². The molecule has 0 N–H and O–H groups in total. The van der Waals surface area contributed by atoms with Crippen LogP contribution in [0.4, 0.5) is 5.69 Å². The van der Waals surface area contributed by atoms with E-state index in [0.717, 1.165) is 32.8 Å². The third-order valence-corrected chi connectivity index (χ3v) is 3.75. The molecule has 1 aromatic rings. The van der Waals surface area contributed by atoms with Crippen molar-refractivity contribution in [1.82, 2.24) is 4.90 Å². The Kier molecular flexibility index (Phi) is 5.23. The molecule has 3 nitrogen and oxygen atoms in total. The number of hydrogen-bond donors (Lipinski definition) is 0. The molecule has 1 aromatic carbocycles. The first-order valence-electron chi connectivity index (χ1n) is 7.24. The van der Waals surface area contributed by atoms with Gasteiger partial charge in [0.2, 0.25) is 0 Å². The maximum absolute atomic E-state index is 5.40. The lowest BCUT2D eigenvalue weighted by atomic mass is 10.0. The van der Waals surface area contributed by atoms with Crippen LogP contribution in [0.25, 0.3) is 0 Å². The lowest BCUT2D eigenvalue weighted by molar-refractivity contribution is 0.122. The fraction of sp³-hybridized carbons (Fsp3) is 0.625. The summed E-state index contributed by atoms with van der Waals surface area (Å²) >= 11 is 0. The number of aryl methyl sites for hydroxylation is 2. The Labute approximate surface area is 117 Å². The quantitative estimate of drug-likeness (QED) is 0.810. The van der Waals surface area contributed by atoms with E-state index in [1.54, 1.807) is 0 Å². The molecule has 0 atom stereocenters. The van der Waals surface area contributed by atoms with Crippen molar-refractivity contribution in [2.45, 2.75) is 19.8 Å². The second-order valence-corrected chi connectivity index (χ2v) is 5.62. The van der Waals surface area contributed by atoms with Crippen molar-refractivity contribution < 1.29 is 4.74 Å². The van der Waals surface area contributed by atoms with Gasteiger partial charge in [0.05, 0.1) is 13.2 Å². The number of ether oxygens (including phenoxy) is 1. The van der Waals surface area contributed by atoms with Crippen molar-refractivity contribution in [1.29, 1.82) is 0 Å². The van der Waals surface area contributed by atoms with Gasteiger partial charge < -0.3 is 14.5 Å². The molecule has 0 bridgehead atoms. The van der Waals surface area contributed by atoms with Crippen LogP contribution in [0.15, 0.2) is 18.2 Å². The molecule has 0 amide bonds. The Morgan fingerprint density at radius 1 is 1.21 bits per heavy atom. The molecule has 0 unspecified atom stereocenters. The second-order valence-electron chi connectivity index (χ2n) is 5.62. The van der Waals surface area contributed by atoms with E-state index < -0.39 is 0 Å². The molecule has 2 rings (SSSR count). The summed E-state index contributed by atoms with van der Waals surface area (Å²) in [4.78, 5) is 4.66. The first-order chi connectivity index (χ1) is 9.16. The lowest BCUT2D eigenvalue weighted by Crippen LogP contribution is -2.36. The predicted octanol–water partition coefficient (Wildman–Crippen LogP) is 2.33. The van der Waals surface area contributed by atoms with Crippen LogP contribution in [0.1, 0.15) is 17.5 Å². The highest BCUT2D eigenvalue weighted by atomic mass is 16.5. The van der Waals surface area contributed by atoms with Crippen molar-refractivity contribution in [3.05, 3.63) is 29.3 Å². The van der Waals surface area contributed by atoms with E-state index >= 15 is 0 Å². The van der Waals surface area contributed by atoms with Gasteiger partial charge in [-0.15, -0.1) is 0 Å². The number of rotatable bonds is 5. The number of hydrogen-bond acceptors (Lipinski definition) is 3. The van der Waals surface area contributed by atoms with E-state index in [1.165, 1.54) is 29.7 Å². The van der Waals surface area contributed by atoms with Gasteiger partial charge in [0.15, 0.2) is 0 Å². The van der Waals surface area contributed by atoms with Gasteiger partial charge in [0.1, 0.15) is 0 Å². The van der Waals surface area contributed by atoms with Crippen molar-refractivity contribution in [3.63, 3.8) is 0 Å². The van der Waals surface area contributed by atoms with Crippen molar-refractivity contribution >= 4 is 5.69 Å². The molecule has 1 heterocycles. The van der Waals surface area contributed by atoms with Gasteiger partial charge in [0.25, 0.3) is 0 Å². The Morgan fingerprint density at radius 3 is 2.58 bits per heavy atom. The number of benzene rings is 1. The average molecular weight is 262 g/mol. The number of morpholine rings is 1. The van der Waals surface area contributed by atoms with Crippen molar-refractivity contribution in [3.8, 4) is 0 Å². The number of nitrogens with zero attached hydrogens (tertiary/aromatic N) is 2. The minimum absolute atomic E-state index is 0.851. The van der Waals surface area contributed by atoms with Gasteiger partial charge in [-0.05, 0) is 63.7 Å². The number of anilines is 1. The van der Waals surface area contributed by atoms with Gasteiger partial charge in [-0.1, -0.05) is 6.07 Å². The van der Waals surface area contributed by atoms with E-state index in [1.807, 2.05) is 0 Å². The highest BCUT2D eigenvalue weighted by Gasteiger charge is 2.11. The molecule has 106 valence electrons. The molecule has 0 radical (unpaired) electrons. The van der Waals surface area contributed by atoms with Crippen LogP contribution in [-0.2, 0) is 11.2 Å². The molecule has 3 heteroatoms. The van der Waals surface area contributed by atoms with Crippen LogP contribution in [0, 0.1) is 6.92 Å². The topological polar surface area (TPSA) is 15.7 Å². The Bertz CT molecular complexity index is 398. The van der Waals surface area contributed by atoms with E-state index in [9.17, 15) is 0 Å². The summed E-state index contributed by atoms with van der Waals surface area (Å²) in [6.45, 7) is 7.12. The first-order valence-corrected chi connectivity index (χ1v) is 7.24. The minimum atomic E-state index is 0.851. The van der Waals surface area contributed by atoms with Crippen LogP contribution < -0.4 is 4.90 Å². The fourth-order valence-electron chi connectivity index (χ4n) is 2.56. The monoisotopic (exact) mass is 262 g/mol. The van der Waals surface area contributed by atoms with E-state index in [-0.39, 0.29) is 0 Å². The second kappa shape index (κ2) is 6.92. The average Bonchev–Trinajstić information content (AvgIpc) is 2.41. The molecule has 1 aliphatic heterocycles. The molecule has 0 aliphatic carbocycles. The van der Waals surface area contributed by atoms with Crippen molar-refractivity contribution in [2.75, 3.05) is 51.8 Å². The third-order valence-electron chi connectivity index (χ3n) is 3.75. The van der Waals surface area contributed by atoms with Crippen molar-refractivity contribution in [2.24, 2.45) is 0 Å². The molecular formula is C16H26N2O. The van der Waals surface area contributed by atoms with E-state index in [0.29, 0.717) is 0 Å². The van der Waals surface area contributed by atoms with Gasteiger partial charge in [0, 0.05) is 18.8 Å². The van der Waals surface area contributed by atoms with Gasteiger partial charge in [-0.3, -0.25) is 0 Å². The minimum Gasteiger partial charge on any atom is -0.378 e. The highest BCUT2D eigenvalue weighted by Crippen LogP contribution is 2.21. The van der Waals surface area contributed by atoms with Crippen LogP contribution in [0.2, 0.25) is 0 Å². The zero-order valence-corrected chi connectivity index (χ0v) is 12.5. The van der Waals surface area contributed by atoms with Crippen LogP contribution in [0.5, 0.6) is 0 Å². The van der Waals surface area contributed by atoms with Gasteiger partial charge in [-0.25, -0.2) is 0 Å². The smallest absolute Gasteiger partial charge is 0.0642 e. The van der Waals surface area contributed by atoms with Gasteiger partial charge >= 0.3 is 0 Å². The Morgan fingerprint density at radius 2 is 1.95 bits per heavy atom. The maximum atomic E-state index is 5.40. The van der Waals surface area contributed by atoms with E-state index in [4.69, 9.17) is 4.74 Å². The maximum Gasteiger partial charge on any atom is 0.0642 e. The molecule has 1 aliphatic rings. The molecular weight excluding hydrogens is 236 g/mol. The summed E-state index contributed by atoms with van der Waals surface area (Å²) in [7, 11) is 4.27. The summed E-state index contributed by atoms with van der Waals surface area (Å²) in [6.07, 6.45) is 2.40. The summed E-state index contributed by atoms with van der Waals surface area (Å²) in [6, 6.07) is 6.90. The summed E-state index contributed by atoms with van der Waals surface area (Å²) in [5.74, 6) is 0.